The Labute approximate surface area is 123 Å². The number of hydrogen-bond acceptors (Lipinski definition) is 5. The van der Waals surface area contributed by atoms with Gasteiger partial charge in [0.15, 0.2) is 0 Å². The molecule has 2 aromatic heterocycles. The van der Waals surface area contributed by atoms with Gasteiger partial charge in [-0.25, -0.2) is 4.98 Å². The Morgan fingerprint density at radius 1 is 1.05 bits per heavy atom. The second kappa shape index (κ2) is 5.83. The van der Waals surface area contributed by atoms with Gasteiger partial charge >= 0.3 is 0 Å². The molecule has 0 bridgehead atoms. The lowest BCUT2D eigenvalue weighted by atomic mass is 9.88. The fourth-order valence-electron chi connectivity index (χ4n) is 2.35. The highest BCUT2D eigenvalue weighted by molar-refractivity contribution is 5.45. The van der Waals surface area contributed by atoms with Crippen molar-refractivity contribution in [1.82, 2.24) is 20.1 Å². The van der Waals surface area contributed by atoms with Crippen LogP contribution in [-0.4, -0.2) is 20.1 Å². The molecule has 0 N–H and O–H groups in total. The topological polar surface area (TPSA) is 64.7 Å². The smallest absolute Gasteiger partial charge is 0.234 e. The van der Waals surface area contributed by atoms with Crippen LogP contribution in [0.5, 0.6) is 0 Å². The lowest BCUT2D eigenvalue weighted by Crippen LogP contribution is -2.09. The van der Waals surface area contributed by atoms with Crippen LogP contribution in [-0.2, 0) is 0 Å². The summed E-state index contributed by atoms with van der Waals surface area (Å²) in [5, 5.41) is 4.03. The van der Waals surface area contributed by atoms with Gasteiger partial charge in [-0.3, -0.25) is 4.98 Å². The first-order valence-corrected chi connectivity index (χ1v) is 6.90. The molecule has 21 heavy (non-hydrogen) atoms. The summed E-state index contributed by atoms with van der Waals surface area (Å²) < 4.78 is 5.47. The molecule has 0 aliphatic carbocycles. The fourth-order valence-corrected chi connectivity index (χ4v) is 2.35. The highest BCUT2D eigenvalue weighted by Gasteiger charge is 2.24. The van der Waals surface area contributed by atoms with Gasteiger partial charge in [-0.05, 0) is 11.5 Å². The van der Waals surface area contributed by atoms with Crippen LogP contribution in [0, 0.1) is 5.92 Å². The van der Waals surface area contributed by atoms with Crippen molar-refractivity contribution in [1.29, 1.82) is 0 Å². The summed E-state index contributed by atoms with van der Waals surface area (Å²) in [6, 6.07) is 10.2. The second-order valence-electron chi connectivity index (χ2n) is 5.18. The monoisotopic (exact) mass is 280 g/mol. The van der Waals surface area contributed by atoms with Crippen molar-refractivity contribution in [3.63, 3.8) is 0 Å². The first-order valence-electron chi connectivity index (χ1n) is 6.90. The first kappa shape index (κ1) is 13.4. The van der Waals surface area contributed by atoms with Crippen LogP contribution in [0.4, 0.5) is 0 Å². The second-order valence-corrected chi connectivity index (χ2v) is 5.18. The maximum Gasteiger partial charge on any atom is 0.234 e. The molecule has 0 fully saturated rings. The van der Waals surface area contributed by atoms with Gasteiger partial charge in [0.2, 0.25) is 11.7 Å². The zero-order valence-electron chi connectivity index (χ0n) is 12.0. The van der Waals surface area contributed by atoms with Gasteiger partial charge in [-0.15, -0.1) is 0 Å². The average Bonchev–Trinajstić information content (AvgIpc) is 2.98. The summed E-state index contributed by atoms with van der Waals surface area (Å²) in [6.45, 7) is 4.29. The Kier molecular flexibility index (Phi) is 3.73. The molecule has 0 spiro atoms. The molecular weight excluding hydrogens is 264 g/mol. The van der Waals surface area contributed by atoms with Gasteiger partial charge in [0.05, 0.1) is 12.1 Å². The van der Waals surface area contributed by atoms with E-state index in [0.717, 1.165) is 0 Å². The van der Waals surface area contributed by atoms with Crippen molar-refractivity contribution in [3.8, 4) is 11.5 Å². The van der Waals surface area contributed by atoms with Crippen molar-refractivity contribution < 1.29 is 4.52 Å². The lowest BCUT2D eigenvalue weighted by Gasteiger charge is -2.16. The van der Waals surface area contributed by atoms with Crippen LogP contribution in [0.25, 0.3) is 11.5 Å². The molecule has 1 unspecified atom stereocenters. The van der Waals surface area contributed by atoms with Crippen LogP contribution >= 0.6 is 0 Å². The summed E-state index contributed by atoms with van der Waals surface area (Å²) in [7, 11) is 0. The van der Waals surface area contributed by atoms with E-state index in [4.69, 9.17) is 4.52 Å². The van der Waals surface area contributed by atoms with Crippen molar-refractivity contribution in [3.05, 3.63) is 60.4 Å². The quantitative estimate of drug-likeness (QED) is 0.733. The Balaban J connectivity index is 1.97. The van der Waals surface area contributed by atoms with Gasteiger partial charge in [-0.2, -0.15) is 4.98 Å². The standard InChI is InChI=1S/C16H16N4O/c1-11(2)14(12-6-4-3-5-7-12)16-19-15(20-21-16)13-10-17-8-9-18-13/h3-11,14H,1-2H3. The maximum atomic E-state index is 5.47. The minimum absolute atomic E-state index is 0.0733. The van der Waals surface area contributed by atoms with E-state index in [1.54, 1.807) is 18.6 Å². The van der Waals surface area contributed by atoms with Crippen LogP contribution in [0.15, 0.2) is 53.4 Å². The molecule has 0 aliphatic heterocycles. The number of rotatable bonds is 4. The number of aromatic nitrogens is 4. The molecule has 0 amide bonds. The fraction of sp³-hybridized carbons (Fsp3) is 0.250. The Morgan fingerprint density at radius 3 is 2.52 bits per heavy atom. The normalized spacial score (nSPS) is 12.5. The molecule has 0 aliphatic rings. The summed E-state index contributed by atoms with van der Waals surface area (Å²) in [4.78, 5) is 12.7. The summed E-state index contributed by atoms with van der Waals surface area (Å²) in [5.41, 5.74) is 1.78. The molecule has 106 valence electrons. The molecule has 2 heterocycles. The maximum absolute atomic E-state index is 5.47. The predicted octanol–water partition coefficient (Wildman–Crippen LogP) is 3.31. The van der Waals surface area contributed by atoms with Gasteiger partial charge in [-0.1, -0.05) is 49.3 Å². The van der Waals surface area contributed by atoms with Gasteiger partial charge in [0.1, 0.15) is 5.69 Å². The van der Waals surface area contributed by atoms with E-state index in [1.807, 2.05) is 18.2 Å². The van der Waals surface area contributed by atoms with Crippen LogP contribution in [0.2, 0.25) is 0 Å². The van der Waals surface area contributed by atoms with Gasteiger partial charge in [0, 0.05) is 12.4 Å². The average molecular weight is 280 g/mol. The van der Waals surface area contributed by atoms with Crippen molar-refractivity contribution >= 4 is 0 Å². The molecule has 5 nitrogen and oxygen atoms in total. The highest BCUT2D eigenvalue weighted by Crippen LogP contribution is 2.31. The van der Waals surface area contributed by atoms with Crippen LogP contribution in [0.3, 0.4) is 0 Å². The lowest BCUT2D eigenvalue weighted by molar-refractivity contribution is 0.341. The minimum atomic E-state index is 0.0733. The molecule has 0 radical (unpaired) electrons. The third-order valence-electron chi connectivity index (χ3n) is 3.33. The molecule has 0 saturated carbocycles. The van der Waals surface area contributed by atoms with E-state index in [1.165, 1.54) is 5.56 Å². The molecule has 1 atom stereocenters. The Hall–Kier alpha value is -2.56. The van der Waals surface area contributed by atoms with Crippen molar-refractivity contribution in [2.75, 3.05) is 0 Å². The third-order valence-corrected chi connectivity index (χ3v) is 3.33. The van der Waals surface area contributed by atoms with E-state index in [2.05, 4.69) is 46.1 Å². The SMILES string of the molecule is CC(C)C(c1ccccc1)c1nc(-c2cnccn2)no1. The molecule has 3 aromatic rings. The van der Waals surface area contributed by atoms with E-state index in [9.17, 15) is 0 Å². The van der Waals surface area contributed by atoms with E-state index in [0.29, 0.717) is 23.3 Å². The molecular formula is C16H16N4O. The highest BCUT2D eigenvalue weighted by atomic mass is 16.5. The zero-order valence-corrected chi connectivity index (χ0v) is 12.0. The van der Waals surface area contributed by atoms with Crippen molar-refractivity contribution in [2.24, 2.45) is 5.92 Å². The molecule has 0 saturated heterocycles. The van der Waals surface area contributed by atoms with E-state index >= 15 is 0 Å². The molecule has 3 rings (SSSR count). The predicted molar refractivity (Wildman–Crippen MR) is 78.4 cm³/mol. The largest absolute Gasteiger partial charge is 0.338 e. The number of benzene rings is 1. The minimum Gasteiger partial charge on any atom is -0.338 e. The van der Waals surface area contributed by atoms with Crippen LogP contribution < -0.4 is 0 Å². The van der Waals surface area contributed by atoms with E-state index < -0.39 is 0 Å². The summed E-state index contributed by atoms with van der Waals surface area (Å²) >= 11 is 0. The third kappa shape index (κ3) is 2.81. The van der Waals surface area contributed by atoms with Crippen LogP contribution in [0.1, 0.15) is 31.2 Å². The molecule has 5 heteroatoms. The molecule has 1 aromatic carbocycles. The van der Waals surface area contributed by atoms with E-state index in [-0.39, 0.29) is 5.92 Å². The van der Waals surface area contributed by atoms with Crippen molar-refractivity contribution in [2.45, 2.75) is 19.8 Å². The zero-order chi connectivity index (χ0) is 14.7. The van der Waals surface area contributed by atoms with Gasteiger partial charge in [0.25, 0.3) is 0 Å². The number of nitrogens with zero attached hydrogens (tertiary/aromatic N) is 4. The Morgan fingerprint density at radius 2 is 1.86 bits per heavy atom. The first-order chi connectivity index (χ1) is 10.3. The van der Waals surface area contributed by atoms with Gasteiger partial charge < -0.3 is 4.52 Å². The Bertz CT molecular complexity index is 695. The summed E-state index contributed by atoms with van der Waals surface area (Å²) in [6.07, 6.45) is 4.86. The number of hydrogen-bond donors (Lipinski definition) is 0. The summed E-state index contributed by atoms with van der Waals surface area (Å²) in [5.74, 6) is 1.50.